The van der Waals surface area contributed by atoms with E-state index in [-0.39, 0.29) is 0 Å². The van der Waals surface area contributed by atoms with E-state index in [1.807, 2.05) is 42.5 Å². The predicted molar refractivity (Wildman–Crippen MR) is 73.8 cm³/mol. The van der Waals surface area contributed by atoms with Crippen LogP contribution in [0.3, 0.4) is 0 Å². The molecule has 0 aliphatic heterocycles. The van der Waals surface area contributed by atoms with Gasteiger partial charge in [-0.15, -0.1) is 0 Å². The highest BCUT2D eigenvalue weighted by Gasteiger charge is 2.19. The Morgan fingerprint density at radius 1 is 1.21 bits per heavy atom. The van der Waals surface area contributed by atoms with Gasteiger partial charge >= 0.3 is 5.97 Å². The van der Waals surface area contributed by atoms with Crippen LogP contribution in [-0.2, 0) is 20.7 Å². The second kappa shape index (κ2) is 6.14. The van der Waals surface area contributed by atoms with Gasteiger partial charge in [0.1, 0.15) is 12.2 Å². The van der Waals surface area contributed by atoms with E-state index >= 15 is 0 Å². The first kappa shape index (κ1) is 13.3. The highest BCUT2D eigenvalue weighted by Crippen LogP contribution is 2.18. The van der Waals surface area contributed by atoms with E-state index in [0.29, 0.717) is 19.3 Å². The van der Waals surface area contributed by atoms with Crippen molar-refractivity contribution in [1.29, 1.82) is 0 Å². The number of esters is 1. The summed E-state index contributed by atoms with van der Waals surface area (Å²) in [4.78, 5) is 22.6. The number of carbonyl (C=O) groups is 2. The molecule has 19 heavy (non-hydrogen) atoms. The van der Waals surface area contributed by atoms with Gasteiger partial charge in [0.25, 0.3) is 0 Å². The first-order valence-electron chi connectivity index (χ1n) is 6.34. The maximum absolute atomic E-state index is 11.6. The molecule has 0 unspecified atom stereocenters. The second-order valence-electron chi connectivity index (χ2n) is 4.38. The molecule has 0 aliphatic rings. The van der Waals surface area contributed by atoms with E-state index in [0.717, 1.165) is 16.3 Å². The van der Waals surface area contributed by atoms with Crippen molar-refractivity contribution in [2.24, 2.45) is 5.92 Å². The highest BCUT2D eigenvalue weighted by atomic mass is 16.5. The molecule has 0 aromatic heterocycles. The lowest BCUT2D eigenvalue weighted by Gasteiger charge is -2.10. The fourth-order valence-electron chi connectivity index (χ4n) is 2.06. The number of hydrogen-bond donors (Lipinski definition) is 0. The average Bonchev–Trinajstić information content (AvgIpc) is 2.44. The standard InChI is InChI=1S/C16H16O3/c1-2-19-16(18)15(11-17)10-12-7-8-13-5-3-4-6-14(13)9-12/h3-9,11,15H,2,10H2,1H3/t15-/m0/s1. The van der Waals surface area contributed by atoms with Gasteiger partial charge in [-0.05, 0) is 29.7 Å². The van der Waals surface area contributed by atoms with Crippen molar-refractivity contribution < 1.29 is 14.3 Å². The Morgan fingerprint density at radius 3 is 2.63 bits per heavy atom. The summed E-state index contributed by atoms with van der Waals surface area (Å²) in [6.07, 6.45) is 1.04. The quantitative estimate of drug-likeness (QED) is 0.469. The number of hydrogen-bond acceptors (Lipinski definition) is 3. The van der Waals surface area contributed by atoms with Gasteiger partial charge in [-0.1, -0.05) is 42.5 Å². The molecule has 0 radical (unpaired) electrons. The van der Waals surface area contributed by atoms with Crippen LogP contribution in [0.25, 0.3) is 10.8 Å². The van der Waals surface area contributed by atoms with Crippen LogP contribution >= 0.6 is 0 Å². The minimum absolute atomic E-state index is 0.293. The zero-order chi connectivity index (χ0) is 13.7. The van der Waals surface area contributed by atoms with Crippen LogP contribution < -0.4 is 0 Å². The van der Waals surface area contributed by atoms with Gasteiger partial charge < -0.3 is 9.53 Å². The highest BCUT2D eigenvalue weighted by molar-refractivity contribution is 5.88. The summed E-state index contributed by atoms with van der Waals surface area (Å²) < 4.78 is 4.88. The molecule has 2 rings (SSSR count). The van der Waals surface area contributed by atoms with E-state index in [1.165, 1.54) is 0 Å². The molecule has 0 spiro atoms. The van der Waals surface area contributed by atoms with Crippen molar-refractivity contribution in [3.05, 3.63) is 48.0 Å². The van der Waals surface area contributed by atoms with Gasteiger partial charge in [0.15, 0.2) is 0 Å². The topological polar surface area (TPSA) is 43.4 Å². The summed E-state index contributed by atoms with van der Waals surface area (Å²) in [5.74, 6) is -1.17. The number of aldehydes is 1. The molecule has 0 fully saturated rings. The molecule has 3 heteroatoms. The zero-order valence-electron chi connectivity index (χ0n) is 10.8. The predicted octanol–water partition coefficient (Wildman–Crippen LogP) is 2.76. The fourth-order valence-corrected chi connectivity index (χ4v) is 2.06. The SMILES string of the molecule is CCOC(=O)[C@H](C=O)Cc1ccc2ccccc2c1. The first-order valence-corrected chi connectivity index (χ1v) is 6.34. The lowest BCUT2D eigenvalue weighted by Crippen LogP contribution is -2.21. The number of carbonyl (C=O) groups excluding carboxylic acids is 2. The van der Waals surface area contributed by atoms with Crippen LogP contribution in [0.5, 0.6) is 0 Å². The number of rotatable bonds is 5. The summed E-state index contributed by atoms with van der Waals surface area (Å²) >= 11 is 0. The minimum atomic E-state index is -0.721. The van der Waals surface area contributed by atoms with Crippen LogP contribution in [0.2, 0.25) is 0 Å². The van der Waals surface area contributed by atoms with Crippen molar-refractivity contribution >= 4 is 23.0 Å². The molecular formula is C16H16O3. The van der Waals surface area contributed by atoms with E-state index < -0.39 is 11.9 Å². The monoisotopic (exact) mass is 256 g/mol. The van der Waals surface area contributed by atoms with Crippen molar-refractivity contribution in [2.45, 2.75) is 13.3 Å². The van der Waals surface area contributed by atoms with Gasteiger partial charge in [-0.2, -0.15) is 0 Å². The maximum Gasteiger partial charge on any atom is 0.316 e. The van der Waals surface area contributed by atoms with E-state index in [4.69, 9.17) is 4.74 Å². The Balaban J connectivity index is 2.19. The molecule has 0 bridgehead atoms. The molecule has 1 atom stereocenters. The van der Waals surface area contributed by atoms with Gasteiger partial charge in [0.2, 0.25) is 0 Å². The molecule has 2 aromatic carbocycles. The molecule has 0 saturated heterocycles. The van der Waals surface area contributed by atoms with Crippen LogP contribution in [0.4, 0.5) is 0 Å². The molecule has 0 heterocycles. The molecule has 0 amide bonds. The molecular weight excluding hydrogens is 240 g/mol. The van der Waals surface area contributed by atoms with Crippen molar-refractivity contribution in [3.63, 3.8) is 0 Å². The van der Waals surface area contributed by atoms with Crippen LogP contribution in [0.15, 0.2) is 42.5 Å². The Labute approximate surface area is 112 Å². The molecule has 0 N–H and O–H groups in total. The summed E-state index contributed by atoms with van der Waals surface area (Å²) in [7, 11) is 0. The summed E-state index contributed by atoms with van der Waals surface area (Å²) in [5, 5.41) is 2.25. The fraction of sp³-hybridized carbons (Fsp3) is 0.250. The van der Waals surface area contributed by atoms with Crippen LogP contribution in [0.1, 0.15) is 12.5 Å². The average molecular weight is 256 g/mol. The number of benzene rings is 2. The Kier molecular flexibility index (Phi) is 4.29. The molecule has 0 aliphatic carbocycles. The Morgan fingerprint density at radius 2 is 1.95 bits per heavy atom. The number of fused-ring (bicyclic) bond motifs is 1. The largest absolute Gasteiger partial charge is 0.465 e. The maximum atomic E-state index is 11.6. The van der Waals surface area contributed by atoms with E-state index in [9.17, 15) is 9.59 Å². The molecule has 0 saturated carbocycles. The third-order valence-electron chi connectivity index (χ3n) is 3.02. The summed E-state index contributed by atoms with van der Waals surface area (Å²) in [6.45, 7) is 2.02. The van der Waals surface area contributed by atoms with E-state index in [2.05, 4.69) is 0 Å². The molecule has 3 nitrogen and oxygen atoms in total. The minimum Gasteiger partial charge on any atom is -0.465 e. The van der Waals surface area contributed by atoms with Gasteiger partial charge in [0, 0.05) is 0 Å². The normalized spacial score (nSPS) is 12.1. The lowest BCUT2D eigenvalue weighted by molar-refractivity contribution is -0.149. The van der Waals surface area contributed by atoms with Crippen molar-refractivity contribution in [3.8, 4) is 0 Å². The van der Waals surface area contributed by atoms with Gasteiger partial charge in [-0.25, -0.2) is 0 Å². The molecule has 98 valence electrons. The Bertz CT molecular complexity index is 589. The second-order valence-corrected chi connectivity index (χ2v) is 4.38. The van der Waals surface area contributed by atoms with Gasteiger partial charge in [-0.3, -0.25) is 4.79 Å². The van der Waals surface area contributed by atoms with Crippen molar-refractivity contribution in [1.82, 2.24) is 0 Å². The third-order valence-corrected chi connectivity index (χ3v) is 3.02. The smallest absolute Gasteiger partial charge is 0.316 e. The Hall–Kier alpha value is -2.16. The number of ether oxygens (including phenoxy) is 1. The van der Waals surface area contributed by atoms with E-state index in [1.54, 1.807) is 6.92 Å². The van der Waals surface area contributed by atoms with Gasteiger partial charge in [0.05, 0.1) is 6.61 Å². The molecule has 2 aromatic rings. The van der Waals surface area contributed by atoms with Crippen molar-refractivity contribution in [2.75, 3.05) is 6.61 Å². The van der Waals surface area contributed by atoms with Crippen LogP contribution in [0, 0.1) is 5.92 Å². The summed E-state index contributed by atoms with van der Waals surface area (Å²) in [6, 6.07) is 13.9. The first-order chi connectivity index (χ1) is 9.24. The lowest BCUT2D eigenvalue weighted by atomic mass is 9.98. The third kappa shape index (κ3) is 3.19. The zero-order valence-corrected chi connectivity index (χ0v) is 10.8. The summed E-state index contributed by atoms with van der Waals surface area (Å²) in [5.41, 5.74) is 0.962. The van der Waals surface area contributed by atoms with Crippen LogP contribution in [-0.4, -0.2) is 18.9 Å².